The molecule has 1 unspecified atom stereocenters. The van der Waals surface area contributed by atoms with Crippen molar-refractivity contribution in [1.29, 1.82) is 0 Å². The van der Waals surface area contributed by atoms with E-state index in [1.54, 1.807) is 100 Å². The van der Waals surface area contributed by atoms with Crippen molar-refractivity contribution in [2.45, 2.75) is 138 Å². The van der Waals surface area contributed by atoms with Crippen molar-refractivity contribution in [3.8, 4) is 23.7 Å². The highest BCUT2D eigenvalue weighted by molar-refractivity contribution is 7.91. The van der Waals surface area contributed by atoms with Gasteiger partial charge in [0.1, 0.15) is 30.7 Å². The summed E-state index contributed by atoms with van der Waals surface area (Å²) in [6.45, 7) is 7.38. The van der Waals surface area contributed by atoms with Crippen LogP contribution in [-0.2, 0) is 72.9 Å². The van der Waals surface area contributed by atoms with Gasteiger partial charge in [0.15, 0.2) is 9.84 Å². The fourth-order valence-corrected chi connectivity index (χ4v) is 13.2. The molecular formula is C62H82N8O10S2. The van der Waals surface area contributed by atoms with E-state index in [9.17, 15) is 36.0 Å². The Morgan fingerprint density at radius 1 is 0.598 bits per heavy atom. The molecule has 6 rings (SSSR count). The molecule has 0 aromatic heterocycles. The van der Waals surface area contributed by atoms with Crippen molar-refractivity contribution < 1.29 is 45.5 Å². The minimum Gasteiger partial charge on any atom is -0.363 e. The standard InChI is InChI=1S/C62H82N8O10S2/c1-46(63-5)59(71)66-57(61(73)69-38-23-33-54(69)43-68(40-37-51-27-15-10-16-28-51)82(77,78)45-53-31-19-12-20-32-53)48(3)79-41-21-7-8-22-42-80-49(4)58(67-60(72)47(2)64-6)62(74)70-39-24-34-55(70)65-56(36-35-50-25-13-9-14-26-50)81(75,76)44-52-29-17-11-18-30-52/h9-20,25-32,46-49,54-58,63-65H,23-24,33-45H2,1-6H3,(H,66,71)(H,67,72)/t46-,47-,48+,49+,54-,55-,56?,57-,58-/m0/s1. The number of nitrogens with one attached hydrogen (secondary N) is 5. The summed E-state index contributed by atoms with van der Waals surface area (Å²) in [7, 11) is -4.30. The van der Waals surface area contributed by atoms with E-state index in [-0.39, 0.29) is 44.2 Å². The number of hydrogen-bond donors (Lipinski definition) is 5. The summed E-state index contributed by atoms with van der Waals surface area (Å²) in [4.78, 5) is 59.1. The molecule has 9 atom stereocenters. The van der Waals surface area contributed by atoms with E-state index in [0.29, 0.717) is 62.7 Å². The fraction of sp³-hybridized carbons (Fsp3) is 0.484. The normalized spacial score (nSPS) is 17.9. The number of ether oxygens (including phenoxy) is 2. The van der Waals surface area contributed by atoms with Gasteiger partial charge in [-0.15, -0.1) is 0 Å². The van der Waals surface area contributed by atoms with Crippen LogP contribution in [0.2, 0.25) is 0 Å². The lowest BCUT2D eigenvalue weighted by Gasteiger charge is -2.34. The van der Waals surface area contributed by atoms with Crippen molar-refractivity contribution in [2.75, 3.05) is 53.5 Å². The second kappa shape index (κ2) is 32.4. The van der Waals surface area contributed by atoms with Crippen LogP contribution in [0.15, 0.2) is 121 Å². The van der Waals surface area contributed by atoms with Gasteiger partial charge >= 0.3 is 0 Å². The van der Waals surface area contributed by atoms with Crippen LogP contribution in [-0.4, -0.2) is 162 Å². The summed E-state index contributed by atoms with van der Waals surface area (Å²) in [6, 6.07) is 33.3. The smallest absolute Gasteiger partial charge is 0.249 e. The number of carbonyl (C=O) groups excluding carboxylic acids is 4. The van der Waals surface area contributed by atoms with Crippen molar-refractivity contribution in [3.05, 3.63) is 144 Å². The Labute approximate surface area is 486 Å². The monoisotopic (exact) mass is 1160 g/mol. The first-order valence-electron chi connectivity index (χ1n) is 28.3. The fourth-order valence-electron chi connectivity index (χ4n) is 9.94. The zero-order chi connectivity index (χ0) is 59.1. The van der Waals surface area contributed by atoms with E-state index in [0.717, 1.165) is 11.1 Å². The minimum absolute atomic E-state index is 0.0845. The third-order valence-electron chi connectivity index (χ3n) is 15.0. The number of carbonyl (C=O) groups is 4. The third-order valence-corrected chi connectivity index (χ3v) is 18.8. The summed E-state index contributed by atoms with van der Waals surface area (Å²) >= 11 is 0. The van der Waals surface area contributed by atoms with E-state index < -0.39 is 97.4 Å². The summed E-state index contributed by atoms with van der Waals surface area (Å²) in [5.41, 5.74) is 3.31. The molecule has 18 nitrogen and oxygen atoms in total. The number of aryl methyl sites for hydroxylation is 1. The molecule has 20 heteroatoms. The Kier molecular flexibility index (Phi) is 25.6. The number of likely N-dealkylation sites (tertiary alicyclic amines) is 2. The lowest BCUT2D eigenvalue weighted by Crippen LogP contribution is -2.60. The molecule has 0 saturated carbocycles. The van der Waals surface area contributed by atoms with Gasteiger partial charge in [-0.25, -0.2) is 16.8 Å². The number of benzene rings is 4. The number of hydrogen-bond acceptors (Lipinski definition) is 13. The lowest BCUT2D eigenvalue weighted by atomic mass is 10.1. The van der Waals surface area contributed by atoms with E-state index >= 15 is 0 Å². The highest BCUT2D eigenvalue weighted by Gasteiger charge is 2.41. The molecule has 0 radical (unpaired) electrons. The molecule has 5 N–H and O–H groups in total. The second-order valence-electron chi connectivity index (χ2n) is 21.0. The Morgan fingerprint density at radius 2 is 1.04 bits per heavy atom. The number of nitrogens with zero attached hydrogens (tertiary/aromatic N) is 3. The van der Waals surface area contributed by atoms with Gasteiger partial charge in [-0.05, 0) is 121 Å². The van der Waals surface area contributed by atoms with Crippen LogP contribution in [0.4, 0.5) is 0 Å². The van der Waals surface area contributed by atoms with Crippen molar-refractivity contribution in [1.82, 2.24) is 40.7 Å². The summed E-state index contributed by atoms with van der Waals surface area (Å²) < 4.78 is 70.1. The van der Waals surface area contributed by atoms with Gasteiger partial charge in [0, 0.05) is 32.2 Å². The molecule has 0 bridgehead atoms. The Hall–Kier alpha value is -6.46. The zero-order valence-corrected chi connectivity index (χ0v) is 49.7. The molecule has 2 aliphatic rings. The minimum atomic E-state index is -3.82. The summed E-state index contributed by atoms with van der Waals surface area (Å²) in [5, 5.41) is 13.9. The molecule has 2 aliphatic heterocycles. The predicted molar refractivity (Wildman–Crippen MR) is 318 cm³/mol. The van der Waals surface area contributed by atoms with Crippen LogP contribution in [0.25, 0.3) is 0 Å². The highest BCUT2D eigenvalue weighted by Crippen LogP contribution is 2.25. The van der Waals surface area contributed by atoms with Gasteiger partial charge in [0.2, 0.25) is 33.7 Å². The van der Waals surface area contributed by atoms with Crippen LogP contribution in [0.5, 0.6) is 0 Å². The van der Waals surface area contributed by atoms with Crippen LogP contribution in [0.3, 0.4) is 0 Å². The average molecular weight is 1160 g/mol. The third kappa shape index (κ3) is 19.6. The molecule has 0 spiro atoms. The number of likely N-dealkylation sites (N-methyl/N-ethyl adjacent to an activating group) is 2. The van der Waals surface area contributed by atoms with Gasteiger partial charge in [0.05, 0.1) is 42.0 Å². The maximum Gasteiger partial charge on any atom is 0.249 e. The van der Waals surface area contributed by atoms with Crippen LogP contribution < -0.4 is 26.6 Å². The predicted octanol–water partition coefficient (Wildman–Crippen LogP) is 4.17. The van der Waals surface area contributed by atoms with Gasteiger partial charge in [0.25, 0.3) is 0 Å². The first kappa shape index (κ1) is 64.7. The molecule has 4 aromatic carbocycles. The van der Waals surface area contributed by atoms with Gasteiger partial charge in [-0.3, -0.25) is 24.5 Å². The molecule has 2 saturated heterocycles. The number of amides is 4. The van der Waals surface area contributed by atoms with E-state index in [4.69, 9.17) is 9.47 Å². The van der Waals surface area contributed by atoms with Gasteiger partial charge in [-0.1, -0.05) is 133 Å². The molecule has 442 valence electrons. The maximum absolute atomic E-state index is 14.6. The molecule has 4 aromatic rings. The number of rotatable bonds is 30. The van der Waals surface area contributed by atoms with E-state index in [1.807, 2.05) is 72.8 Å². The molecule has 82 heavy (non-hydrogen) atoms. The quantitative estimate of drug-likeness (QED) is 0.0464. The number of sulfone groups is 1. The molecule has 2 fully saturated rings. The van der Waals surface area contributed by atoms with Crippen molar-refractivity contribution in [3.63, 3.8) is 0 Å². The summed E-state index contributed by atoms with van der Waals surface area (Å²) in [6.07, 6.45) is 1.24. The molecular weight excluding hydrogens is 1080 g/mol. The first-order chi connectivity index (χ1) is 39.4. The molecule has 2 heterocycles. The van der Waals surface area contributed by atoms with E-state index in [2.05, 4.69) is 50.3 Å². The Bertz CT molecular complexity index is 2830. The highest BCUT2D eigenvalue weighted by atomic mass is 32.2. The lowest BCUT2D eigenvalue weighted by molar-refractivity contribution is -0.142. The van der Waals surface area contributed by atoms with E-state index in [1.165, 1.54) is 4.31 Å². The number of sulfonamides is 1. The maximum atomic E-state index is 14.6. The molecule has 4 amide bonds. The average Bonchev–Trinajstić information content (AvgIpc) is 4.35. The first-order valence-corrected chi connectivity index (χ1v) is 31.6. The van der Waals surface area contributed by atoms with Crippen LogP contribution >= 0.6 is 0 Å². The van der Waals surface area contributed by atoms with Crippen molar-refractivity contribution >= 4 is 43.5 Å². The van der Waals surface area contributed by atoms with Crippen LogP contribution in [0, 0.1) is 23.7 Å². The topological polar surface area (TPSA) is 225 Å². The van der Waals surface area contributed by atoms with Crippen LogP contribution in [0.1, 0.15) is 82.1 Å². The van der Waals surface area contributed by atoms with Gasteiger partial charge < -0.3 is 40.5 Å². The van der Waals surface area contributed by atoms with Gasteiger partial charge in [-0.2, -0.15) is 4.31 Å². The summed E-state index contributed by atoms with van der Waals surface area (Å²) in [5.74, 6) is 9.11. The SMILES string of the molecule is CN[C@@H](C)C(=O)N[C@H](C(=O)N1CCC[C@H]1CN(CCc1ccccc1)S(=O)(=O)Cc1ccccc1)[C@@H](C)OCC#CC#CCO[C@H](C)[C@H](NC(=O)[C@H](C)NC)C(=O)N1CCC[C@H]1NC(CCc1ccccc1)S(=O)(=O)Cc1ccccc1. The largest absolute Gasteiger partial charge is 0.363 e. The Morgan fingerprint density at radius 3 is 1.54 bits per heavy atom. The zero-order valence-electron chi connectivity index (χ0n) is 48.1. The van der Waals surface area contributed by atoms with Crippen molar-refractivity contribution in [2.24, 2.45) is 0 Å². The Balaban J connectivity index is 1.09. The second-order valence-corrected chi connectivity index (χ2v) is 25.1. The molecule has 0 aliphatic carbocycles.